The molecule has 1 atom stereocenters. The van der Waals surface area contributed by atoms with Crippen molar-refractivity contribution in [2.75, 3.05) is 24.1 Å². The van der Waals surface area contributed by atoms with Gasteiger partial charge in [-0.3, -0.25) is 14.3 Å². The van der Waals surface area contributed by atoms with E-state index in [4.69, 9.17) is 0 Å². The van der Waals surface area contributed by atoms with Gasteiger partial charge in [-0.05, 0) is 61.9 Å². The maximum atomic E-state index is 13.3. The van der Waals surface area contributed by atoms with Gasteiger partial charge in [0, 0.05) is 18.0 Å². The van der Waals surface area contributed by atoms with Crippen LogP contribution in [0.15, 0.2) is 82.6 Å². The number of benzene rings is 3. The van der Waals surface area contributed by atoms with Gasteiger partial charge < -0.3 is 10.2 Å². The second-order valence-corrected chi connectivity index (χ2v) is 11.1. The lowest BCUT2D eigenvalue weighted by molar-refractivity contribution is 0.0788. The summed E-state index contributed by atoms with van der Waals surface area (Å²) in [5, 5.41) is 2.92. The predicted octanol–water partition coefficient (Wildman–Crippen LogP) is 4.94. The Morgan fingerprint density at radius 2 is 1.58 bits per heavy atom. The maximum Gasteiger partial charge on any atom is 0.261 e. The number of hydrogen-bond donors (Lipinski definition) is 2. The fraction of sp³-hybridized carbons (Fsp3) is 0.259. The molecule has 0 unspecified atom stereocenters. The highest BCUT2D eigenvalue weighted by Crippen LogP contribution is 2.28. The maximum absolute atomic E-state index is 13.3. The standard InChI is InChI=1S/C27H29N3O4S2/c1-19(20-10-4-3-5-11-20)28-26(31)22-12-6-7-13-24(22)29-36(33,34)21-14-15-25(35-2)23(18-21)27(32)30-16-8-9-17-30/h3-7,10-15,18-19,29H,8-9,16-17H2,1-2H3,(H,28,31)/t19-/m0/s1. The van der Waals surface area contributed by atoms with Crippen molar-refractivity contribution < 1.29 is 18.0 Å². The molecule has 0 aromatic heterocycles. The molecule has 0 spiro atoms. The van der Waals surface area contributed by atoms with E-state index in [1.165, 1.54) is 23.9 Å². The fourth-order valence-corrected chi connectivity index (χ4v) is 5.86. The van der Waals surface area contributed by atoms with Gasteiger partial charge in [0.15, 0.2) is 0 Å². The minimum atomic E-state index is -4.06. The summed E-state index contributed by atoms with van der Waals surface area (Å²) in [6, 6.07) is 20.3. The zero-order chi connectivity index (χ0) is 25.7. The van der Waals surface area contributed by atoms with E-state index in [1.54, 1.807) is 35.2 Å². The van der Waals surface area contributed by atoms with Gasteiger partial charge in [0.1, 0.15) is 0 Å². The predicted molar refractivity (Wildman–Crippen MR) is 143 cm³/mol. The van der Waals surface area contributed by atoms with Gasteiger partial charge in [0.05, 0.1) is 27.8 Å². The fourth-order valence-electron chi connectivity index (χ4n) is 4.19. The number of rotatable bonds is 8. The number of sulfonamides is 1. The minimum absolute atomic E-state index is 0.0317. The summed E-state index contributed by atoms with van der Waals surface area (Å²) in [5.74, 6) is -0.559. The van der Waals surface area contributed by atoms with E-state index in [0.29, 0.717) is 18.7 Å². The van der Waals surface area contributed by atoms with E-state index in [-0.39, 0.29) is 28.1 Å². The molecule has 188 valence electrons. The summed E-state index contributed by atoms with van der Waals surface area (Å²) in [4.78, 5) is 28.6. The molecule has 9 heteroatoms. The Labute approximate surface area is 216 Å². The normalized spacial score (nSPS) is 14.3. The smallest absolute Gasteiger partial charge is 0.261 e. The van der Waals surface area contributed by atoms with E-state index in [9.17, 15) is 18.0 Å². The van der Waals surface area contributed by atoms with Crippen molar-refractivity contribution in [3.63, 3.8) is 0 Å². The molecule has 0 bridgehead atoms. The molecule has 1 saturated heterocycles. The summed E-state index contributed by atoms with van der Waals surface area (Å²) in [7, 11) is -4.06. The van der Waals surface area contributed by atoms with Crippen LogP contribution in [0, 0.1) is 0 Å². The number of hydrogen-bond acceptors (Lipinski definition) is 5. The summed E-state index contributed by atoms with van der Waals surface area (Å²) >= 11 is 1.40. The van der Waals surface area contributed by atoms with Crippen LogP contribution in [0.2, 0.25) is 0 Å². The summed E-state index contributed by atoms with van der Waals surface area (Å²) in [6.07, 6.45) is 3.75. The highest BCUT2D eigenvalue weighted by molar-refractivity contribution is 7.98. The molecule has 4 rings (SSSR count). The topological polar surface area (TPSA) is 95.6 Å². The first-order valence-corrected chi connectivity index (χ1v) is 14.5. The summed E-state index contributed by atoms with van der Waals surface area (Å²) in [6.45, 7) is 3.21. The second-order valence-electron chi connectivity index (χ2n) is 8.62. The zero-order valence-corrected chi connectivity index (χ0v) is 21.9. The van der Waals surface area contributed by atoms with Crippen LogP contribution in [0.3, 0.4) is 0 Å². The molecule has 2 amide bonds. The number of nitrogens with one attached hydrogen (secondary N) is 2. The van der Waals surface area contributed by atoms with Crippen LogP contribution >= 0.6 is 11.8 Å². The van der Waals surface area contributed by atoms with Gasteiger partial charge in [-0.2, -0.15) is 0 Å². The van der Waals surface area contributed by atoms with Crippen LogP contribution in [-0.4, -0.2) is 44.5 Å². The highest BCUT2D eigenvalue weighted by atomic mass is 32.2. The third kappa shape index (κ3) is 5.74. The number of anilines is 1. The molecule has 36 heavy (non-hydrogen) atoms. The molecular weight excluding hydrogens is 494 g/mol. The van der Waals surface area contributed by atoms with Crippen molar-refractivity contribution in [3.8, 4) is 0 Å². The van der Waals surface area contributed by atoms with Gasteiger partial charge in [0.2, 0.25) is 0 Å². The molecule has 0 aliphatic carbocycles. The van der Waals surface area contributed by atoms with E-state index < -0.39 is 15.9 Å². The van der Waals surface area contributed by atoms with Crippen molar-refractivity contribution in [2.45, 2.75) is 35.6 Å². The van der Waals surface area contributed by atoms with Crippen LogP contribution in [0.5, 0.6) is 0 Å². The lowest BCUT2D eigenvalue weighted by atomic mass is 10.1. The van der Waals surface area contributed by atoms with Crippen molar-refractivity contribution >= 4 is 39.3 Å². The number of carbonyl (C=O) groups is 2. The quantitative estimate of drug-likeness (QED) is 0.408. The van der Waals surface area contributed by atoms with Crippen LogP contribution in [-0.2, 0) is 10.0 Å². The van der Waals surface area contributed by atoms with Gasteiger partial charge >= 0.3 is 0 Å². The number of amides is 2. The lowest BCUT2D eigenvalue weighted by Gasteiger charge is -2.19. The largest absolute Gasteiger partial charge is 0.345 e. The van der Waals surface area contributed by atoms with Crippen molar-refractivity contribution in [3.05, 3.63) is 89.5 Å². The molecule has 1 aliphatic heterocycles. The number of thioether (sulfide) groups is 1. The first-order chi connectivity index (χ1) is 17.3. The molecule has 3 aromatic rings. The molecule has 3 aromatic carbocycles. The third-order valence-electron chi connectivity index (χ3n) is 6.17. The third-order valence-corrected chi connectivity index (χ3v) is 8.33. The Hall–Kier alpha value is -3.30. The average molecular weight is 524 g/mol. The lowest BCUT2D eigenvalue weighted by Crippen LogP contribution is -2.29. The Morgan fingerprint density at radius 1 is 0.917 bits per heavy atom. The highest BCUT2D eigenvalue weighted by Gasteiger charge is 2.25. The Bertz CT molecular complexity index is 1350. The minimum Gasteiger partial charge on any atom is -0.345 e. The van der Waals surface area contributed by atoms with E-state index in [2.05, 4.69) is 10.0 Å². The molecule has 2 N–H and O–H groups in total. The molecule has 0 saturated carbocycles. The number of carbonyl (C=O) groups excluding carboxylic acids is 2. The van der Waals surface area contributed by atoms with Gasteiger partial charge in [-0.15, -0.1) is 11.8 Å². The molecular formula is C27H29N3O4S2. The van der Waals surface area contributed by atoms with Crippen molar-refractivity contribution in [1.29, 1.82) is 0 Å². The number of nitrogens with zero attached hydrogens (tertiary/aromatic N) is 1. The first kappa shape index (κ1) is 25.8. The summed E-state index contributed by atoms with van der Waals surface area (Å²) in [5.41, 5.74) is 1.68. The van der Waals surface area contributed by atoms with Gasteiger partial charge in [-0.1, -0.05) is 42.5 Å². The second kappa shape index (κ2) is 11.2. The molecule has 0 radical (unpaired) electrons. The molecule has 7 nitrogen and oxygen atoms in total. The molecule has 1 heterocycles. The van der Waals surface area contributed by atoms with Crippen molar-refractivity contribution in [1.82, 2.24) is 10.2 Å². The zero-order valence-electron chi connectivity index (χ0n) is 20.2. The van der Waals surface area contributed by atoms with Crippen LogP contribution < -0.4 is 10.0 Å². The number of para-hydroxylation sites is 1. The van der Waals surface area contributed by atoms with Gasteiger partial charge in [-0.25, -0.2) is 8.42 Å². The average Bonchev–Trinajstić information content (AvgIpc) is 3.43. The van der Waals surface area contributed by atoms with E-state index in [0.717, 1.165) is 23.3 Å². The summed E-state index contributed by atoms with van der Waals surface area (Å²) < 4.78 is 29.2. The SMILES string of the molecule is CSc1ccc(S(=O)(=O)Nc2ccccc2C(=O)N[C@@H](C)c2ccccc2)cc1C(=O)N1CCCC1. The first-order valence-electron chi connectivity index (χ1n) is 11.7. The van der Waals surface area contributed by atoms with Crippen LogP contribution in [0.4, 0.5) is 5.69 Å². The Kier molecular flexibility index (Phi) is 8.01. The van der Waals surface area contributed by atoms with Crippen LogP contribution in [0.1, 0.15) is 52.1 Å². The van der Waals surface area contributed by atoms with E-state index in [1.807, 2.05) is 43.5 Å². The number of likely N-dealkylation sites (tertiary alicyclic amines) is 1. The van der Waals surface area contributed by atoms with Crippen LogP contribution in [0.25, 0.3) is 0 Å². The monoisotopic (exact) mass is 523 g/mol. The Morgan fingerprint density at radius 3 is 2.28 bits per heavy atom. The molecule has 1 aliphatic rings. The Balaban J connectivity index is 1.59. The van der Waals surface area contributed by atoms with Gasteiger partial charge in [0.25, 0.3) is 21.8 Å². The van der Waals surface area contributed by atoms with E-state index >= 15 is 0 Å². The van der Waals surface area contributed by atoms with Crippen molar-refractivity contribution in [2.24, 2.45) is 0 Å². The molecule has 1 fully saturated rings.